The van der Waals surface area contributed by atoms with E-state index in [9.17, 15) is 13.0 Å². The van der Waals surface area contributed by atoms with Gasteiger partial charge in [0, 0.05) is 0 Å². The molecule has 4 nitrogen and oxygen atoms in total. The third kappa shape index (κ3) is 13.3. The van der Waals surface area contributed by atoms with E-state index in [0.717, 1.165) is 24.2 Å². The predicted molar refractivity (Wildman–Crippen MR) is 87.6 cm³/mol. The molecule has 1 unspecified atom stereocenters. The molecule has 0 radical (unpaired) electrons. The highest BCUT2D eigenvalue weighted by atomic mass is 32.2. The molecule has 0 aromatic rings. The van der Waals surface area contributed by atoms with Crippen LogP contribution in [0.4, 0.5) is 0 Å². The molecular weight excluding hydrogens is 286 g/mol. The highest BCUT2D eigenvalue weighted by Crippen LogP contribution is 2.13. The van der Waals surface area contributed by atoms with Gasteiger partial charge < -0.3 is 9.45 Å². The molecule has 0 heterocycles. The first kappa shape index (κ1) is 20.9. The predicted octanol–water partition coefficient (Wildman–Crippen LogP) is 2.36. The zero-order valence-corrected chi connectivity index (χ0v) is 15.0. The Kier molecular flexibility index (Phi) is 12.3. The fraction of sp³-hybridized carbons (Fsp3) is 1.00. The van der Waals surface area contributed by atoms with Crippen molar-refractivity contribution in [1.82, 2.24) is 0 Å². The van der Waals surface area contributed by atoms with Crippen LogP contribution in [0, 0.1) is 0 Å². The molecule has 0 aliphatic heterocycles. The second-order valence-electron chi connectivity index (χ2n) is 6.50. The molecule has 0 aliphatic carbocycles. The van der Waals surface area contributed by atoms with Gasteiger partial charge in [-0.2, -0.15) is 0 Å². The average Bonchev–Trinajstić information content (AvgIpc) is 2.38. The number of rotatable bonds is 14. The van der Waals surface area contributed by atoms with Crippen molar-refractivity contribution in [3.63, 3.8) is 0 Å². The van der Waals surface area contributed by atoms with Crippen molar-refractivity contribution in [2.24, 2.45) is 0 Å². The monoisotopic (exact) mass is 321 g/mol. The minimum atomic E-state index is -4.14. The molecule has 0 spiro atoms. The van der Waals surface area contributed by atoms with Crippen molar-refractivity contribution in [2.45, 2.75) is 82.8 Å². The summed E-state index contributed by atoms with van der Waals surface area (Å²) in [6, 6.07) is 0. The zero-order valence-electron chi connectivity index (χ0n) is 14.2. The minimum Gasteiger partial charge on any atom is -0.748 e. The highest BCUT2D eigenvalue weighted by molar-refractivity contribution is 7.86. The number of hydrogen-bond donors (Lipinski definition) is 1. The first-order valence-electron chi connectivity index (χ1n) is 8.61. The van der Waals surface area contributed by atoms with Gasteiger partial charge in [-0.15, -0.1) is 0 Å². The molecule has 0 bridgehead atoms. The summed E-state index contributed by atoms with van der Waals surface area (Å²) in [6.45, 7) is 2.65. The van der Waals surface area contributed by atoms with E-state index in [1.165, 1.54) is 44.9 Å². The van der Waals surface area contributed by atoms with Gasteiger partial charge in [-0.1, -0.05) is 71.1 Å². The smallest absolute Gasteiger partial charge is 0.103 e. The van der Waals surface area contributed by atoms with Crippen molar-refractivity contribution in [1.29, 1.82) is 0 Å². The third-order valence-electron chi connectivity index (χ3n) is 3.92. The van der Waals surface area contributed by atoms with Crippen LogP contribution in [0.1, 0.15) is 77.6 Å². The van der Waals surface area contributed by atoms with Gasteiger partial charge in [0.05, 0.1) is 25.9 Å². The number of nitrogens with one attached hydrogen (secondary N) is 1. The van der Waals surface area contributed by atoms with Crippen LogP contribution in [0.2, 0.25) is 0 Å². The van der Waals surface area contributed by atoms with Gasteiger partial charge in [-0.05, 0) is 6.42 Å². The highest BCUT2D eigenvalue weighted by Gasteiger charge is 2.18. The van der Waals surface area contributed by atoms with Gasteiger partial charge in [0.25, 0.3) is 0 Å². The lowest BCUT2D eigenvalue weighted by Gasteiger charge is -2.21. The molecule has 5 heteroatoms. The molecule has 1 atom stereocenters. The average molecular weight is 322 g/mol. The molecule has 0 amide bonds. The van der Waals surface area contributed by atoms with E-state index < -0.39 is 15.4 Å². The molecule has 0 saturated carbocycles. The molecule has 0 rings (SSSR count). The molecule has 128 valence electrons. The Labute approximate surface area is 132 Å². The lowest BCUT2D eigenvalue weighted by atomic mass is 10.1. The molecular formula is C16H35NO3S. The largest absolute Gasteiger partial charge is 0.748 e. The topological polar surface area (TPSA) is 61.6 Å². The normalized spacial score (nSPS) is 13.8. The summed E-state index contributed by atoms with van der Waals surface area (Å²) in [5.41, 5.74) is 0. The Hall–Kier alpha value is -0.130. The lowest BCUT2D eigenvalue weighted by molar-refractivity contribution is -0.857. The van der Waals surface area contributed by atoms with E-state index in [1.54, 1.807) is 0 Å². The summed E-state index contributed by atoms with van der Waals surface area (Å²) in [4.78, 5) is 1.02. The molecule has 0 aliphatic rings. The third-order valence-corrected chi connectivity index (χ3v) is 5.14. The zero-order chi connectivity index (χ0) is 16.1. The van der Waals surface area contributed by atoms with Crippen molar-refractivity contribution in [3.05, 3.63) is 0 Å². The van der Waals surface area contributed by atoms with Crippen LogP contribution in [-0.2, 0) is 10.1 Å². The van der Waals surface area contributed by atoms with Crippen molar-refractivity contribution in [3.8, 4) is 0 Å². The van der Waals surface area contributed by atoms with E-state index >= 15 is 0 Å². The minimum absolute atomic E-state index is 0.420. The summed E-state index contributed by atoms with van der Waals surface area (Å²) < 4.78 is 33.6. The maximum Gasteiger partial charge on any atom is 0.103 e. The Bertz CT molecular complexity index is 328. The Balaban J connectivity index is 3.59. The Morgan fingerprint density at radius 2 is 1.29 bits per heavy atom. The number of unbranched alkanes of at least 4 members (excludes halogenated alkanes) is 9. The lowest BCUT2D eigenvalue weighted by Crippen LogP contribution is -3.07. The van der Waals surface area contributed by atoms with Crippen LogP contribution in [-0.4, -0.2) is 38.9 Å². The second-order valence-corrected chi connectivity index (χ2v) is 8.15. The fourth-order valence-corrected chi connectivity index (χ4v) is 3.66. The Morgan fingerprint density at radius 3 is 1.67 bits per heavy atom. The fourth-order valence-electron chi connectivity index (χ4n) is 2.66. The van der Waals surface area contributed by atoms with Crippen LogP contribution in [0.25, 0.3) is 0 Å². The van der Waals surface area contributed by atoms with E-state index in [0.29, 0.717) is 13.0 Å². The first-order chi connectivity index (χ1) is 9.88. The van der Waals surface area contributed by atoms with E-state index in [2.05, 4.69) is 6.92 Å². The molecule has 0 saturated heterocycles. The number of quaternary nitrogens is 1. The van der Waals surface area contributed by atoms with Gasteiger partial charge in [0.15, 0.2) is 0 Å². The molecule has 1 N–H and O–H groups in total. The molecule has 21 heavy (non-hydrogen) atoms. The number of hydrogen-bond acceptors (Lipinski definition) is 3. The van der Waals surface area contributed by atoms with Crippen LogP contribution in [0.5, 0.6) is 0 Å². The summed E-state index contributed by atoms with van der Waals surface area (Å²) in [7, 11) is -0.370. The summed E-state index contributed by atoms with van der Waals surface area (Å²) in [6.07, 6.45) is 12.8. The van der Waals surface area contributed by atoms with Crippen molar-refractivity contribution >= 4 is 10.1 Å². The Morgan fingerprint density at radius 1 is 0.857 bits per heavy atom. The van der Waals surface area contributed by atoms with Gasteiger partial charge in [-0.3, -0.25) is 0 Å². The van der Waals surface area contributed by atoms with Crippen LogP contribution < -0.4 is 4.90 Å². The van der Waals surface area contributed by atoms with Crippen LogP contribution >= 0.6 is 0 Å². The van der Waals surface area contributed by atoms with Crippen molar-refractivity contribution in [2.75, 3.05) is 20.6 Å². The van der Waals surface area contributed by atoms with Gasteiger partial charge in [0.1, 0.15) is 10.1 Å². The van der Waals surface area contributed by atoms with E-state index in [1.807, 2.05) is 14.1 Å². The van der Waals surface area contributed by atoms with Crippen LogP contribution in [0.15, 0.2) is 0 Å². The second kappa shape index (κ2) is 12.4. The van der Waals surface area contributed by atoms with E-state index in [-0.39, 0.29) is 0 Å². The quantitative estimate of drug-likeness (QED) is 0.395. The maximum absolute atomic E-state index is 11.2. The molecule has 0 aromatic carbocycles. The summed E-state index contributed by atoms with van der Waals surface area (Å²) in [5, 5.41) is -0.712. The maximum atomic E-state index is 11.2. The first-order valence-corrected chi connectivity index (χ1v) is 10.1. The van der Waals surface area contributed by atoms with Crippen molar-refractivity contribution < 1.29 is 17.9 Å². The standard InChI is InChI=1S/C16H35NO3S/c1-4-5-6-7-8-9-10-11-12-13-14-16(15-17(2)3)21(18,19)20/h16H,4-15H2,1-3H3,(H,18,19,20). The van der Waals surface area contributed by atoms with Gasteiger partial charge in [-0.25, -0.2) is 8.42 Å². The molecule has 0 fully saturated rings. The van der Waals surface area contributed by atoms with Crippen LogP contribution in [0.3, 0.4) is 0 Å². The van der Waals surface area contributed by atoms with Gasteiger partial charge in [0.2, 0.25) is 0 Å². The molecule has 0 aromatic heterocycles. The summed E-state index contributed by atoms with van der Waals surface area (Å²) in [5.74, 6) is 0. The van der Waals surface area contributed by atoms with E-state index in [4.69, 9.17) is 0 Å². The SMILES string of the molecule is CCCCCCCCCCCCC(C[NH+](C)C)S(=O)(=O)[O-]. The van der Waals surface area contributed by atoms with Gasteiger partial charge >= 0.3 is 0 Å². The summed E-state index contributed by atoms with van der Waals surface area (Å²) >= 11 is 0.